The molecule has 1 rings (SSSR count). The van der Waals surface area contributed by atoms with E-state index >= 15 is 0 Å². The third-order valence-electron chi connectivity index (χ3n) is 3.32. The second-order valence-electron chi connectivity index (χ2n) is 5.52. The van der Waals surface area contributed by atoms with Crippen LogP contribution in [0.5, 0.6) is 0 Å². The van der Waals surface area contributed by atoms with E-state index in [0.29, 0.717) is 13.2 Å². The molecule has 1 aromatic rings. The van der Waals surface area contributed by atoms with Crippen LogP contribution in [0.15, 0.2) is 29.2 Å². The highest BCUT2D eigenvalue weighted by Crippen LogP contribution is 2.10. The Balaban J connectivity index is 0.00000529. The monoisotopic (exact) mass is 379 g/mol. The quantitative estimate of drug-likeness (QED) is 0.545. The first-order valence-electron chi connectivity index (χ1n) is 7.38. The fraction of sp³-hybridized carbons (Fsp3) is 0.533. The third-order valence-corrected chi connectivity index (χ3v) is 4.80. The Bertz CT molecular complexity index is 606. The lowest BCUT2D eigenvalue weighted by Gasteiger charge is -2.15. The normalized spacial score (nSPS) is 12.5. The SMILES string of the molecule is COCCNS(=O)(=O)c1ccc(CNC(=O)[C@@H](N)C(C)C)cc1.Cl. The Labute approximate surface area is 149 Å². The van der Waals surface area contributed by atoms with Gasteiger partial charge in [-0.25, -0.2) is 13.1 Å². The molecule has 0 radical (unpaired) electrons. The van der Waals surface area contributed by atoms with Crippen molar-refractivity contribution in [1.29, 1.82) is 0 Å². The number of carbonyl (C=O) groups is 1. The van der Waals surface area contributed by atoms with Gasteiger partial charge in [0.05, 0.1) is 17.5 Å². The first-order chi connectivity index (χ1) is 10.8. The van der Waals surface area contributed by atoms with E-state index in [1.165, 1.54) is 19.2 Å². The second-order valence-corrected chi connectivity index (χ2v) is 7.29. The van der Waals surface area contributed by atoms with Gasteiger partial charge in [0.2, 0.25) is 15.9 Å². The van der Waals surface area contributed by atoms with Crippen LogP contribution in [0.4, 0.5) is 0 Å². The van der Waals surface area contributed by atoms with Gasteiger partial charge in [0, 0.05) is 20.2 Å². The summed E-state index contributed by atoms with van der Waals surface area (Å²) in [6.07, 6.45) is 0. The topological polar surface area (TPSA) is 111 Å². The lowest BCUT2D eigenvalue weighted by Crippen LogP contribution is -2.43. The third kappa shape index (κ3) is 7.14. The van der Waals surface area contributed by atoms with Gasteiger partial charge in [-0.1, -0.05) is 26.0 Å². The van der Waals surface area contributed by atoms with E-state index in [2.05, 4.69) is 10.0 Å². The van der Waals surface area contributed by atoms with Gasteiger partial charge in [-0.15, -0.1) is 12.4 Å². The van der Waals surface area contributed by atoms with Crippen LogP contribution in [0.1, 0.15) is 19.4 Å². The summed E-state index contributed by atoms with van der Waals surface area (Å²) in [5, 5.41) is 2.73. The maximum atomic E-state index is 12.0. The van der Waals surface area contributed by atoms with Crippen molar-refractivity contribution in [3.8, 4) is 0 Å². The van der Waals surface area contributed by atoms with Crippen LogP contribution in [-0.4, -0.2) is 40.6 Å². The maximum absolute atomic E-state index is 12.0. The molecule has 0 bridgehead atoms. The number of benzene rings is 1. The number of amides is 1. The van der Waals surface area contributed by atoms with E-state index in [1.807, 2.05) is 13.8 Å². The molecule has 0 fully saturated rings. The van der Waals surface area contributed by atoms with E-state index in [9.17, 15) is 13.2 Å². The highest BCUT2D eigenvalue weighted by atomic mass is 35.5. The molecule has 0 spiro atoms. The molecule has 0 saturated heterocycles. The van der Waals surface area contributed by atoms with Gasteiger partial charge in [-0.2, -0.15) is 0 Å². The van der Waals surface area contributed by atoms with Crippen LogP contribution in [0.2, 0.25) is 0 Å². The van der Waals surface area contributed by atoms with Crippen molar-refractivity contribution in [2.24, 2.45) is 11.7 Å². The van der Waals surface area contributed by atoms with E-state index in [4.69, 9.17) is 10.5 Å². The summed E-state index contributed by atoms with van der Waals surface area (Å²) in [7, 11) is -2.04. The molecule has 9 heteroatoms. The zero-order valence-corrected chi connectivity index (χ0v) is 15.7. The largest absolute Gasteiger partial charge is 0.383 e. The average molecular weight is 380 g/mol. The summed E-state index contributed by atoms with van der Waals surface area (Å²) in [6, 6.07) is 5.76. The molecule has 0 aromatic heterocycles. The van der Waals surface area contributed by atoms with Crippen LogP contribution >= 0.6 is 12.4 Å². The molecule has 0 unspecified atom stereocenters. The molecular formula is C15H26ClN3O4S. The van der Waals surface area contributed by atoms with Crippen LogP contribution in [-0.2, 0) is 26.1 Å². The van der Waals surface area contributed by atoms with Gasteiger partial charge in [0.25, 0.3) is 0 Å². The van der Waals surface area contributed by atoms with Gasteiger partial charge in [0.1, 0.15) is 0 Å². The van der Waals surface area contributed by atoms with Gasteiger partial charge in [-0.3, -0.25) is 4.79 Å². The molecule has 0 aliphatic heterocycles. The first kappa shape index (κ1) is 22.8. The molecule has 1 atom stereocenters. The summed E-state index contributed by atoms with van der Waals surface area (Å²) >= 11 is 0. The van der Waals surface area contributed by atoms with Crippen molar-refractivity contribution in [2.45, 2.75) is 31.3 Å². The minimum Gasteiger partial charge on any atom is -0.383 e. The molecule has 0 aliphatic rings. The van der Waals surface area contributed by atoms with Crippen molar-refractivity contribution in [3.63, 3.8) is 0 Å². The number of carbonyl (C=O) groups excluding carboxylic acids is 1. The highest BCUT2D eigenvalue weighted by Gasteiger charge is 2.17. The Hall–Kier alpha value is -1.19. The number of nitrogens with one attached hydrogen (secondary N) is 2. The van der Waals surface area contributed by atoms with E-state index in [-0.39, 0.29) is 35.7 Å². The lowest BCUT2D eigenvalue weighted by molar-refractivity contribution is -0.123. The van der Waals surface area contributed by atoms with Gasteiger partial charge < -0.3 is 15.8 Å². The summed E-state index contributed by atoms with van der Waals surface area (Å²) in [5.41, 5.74) is 6.55. The number of methoxy groups -OCH3 is 1. The maximum Gasteiger partial charge on any atom is 0.240 e. The smallest absolute Gasteiger partial charge is 0.240 e. The van der Waals surface area contributed by atoms with Crippen molar-refractivity contribution in [1.82, 2.24) is 10.0 Å². The summed E-state index contributed by atoms with van der Waals surface area (Å²) in [5.74, 6) is -0.168. The molecular weight excluding hydrogens is 354 g/mol. The van der Waals surface area contributed by atoms with Crippen LogP contribution in [0.25, 0.3) is 0 Å². The Morgan fingerprint density at radius 3 is 2.33 bits per heavy atom. The van der Waals surface area contributed by atoms with E-state index in [1.54, 1.807) is 12.1 Å². The van der Waals surface area contributed by atoms with Gasteiger partial charge >= 0.3 is 0 Å². The lowest BCUT2D eigenvalue weighted by atomic mass is 10.0. The Morgan fingerprint density at radius 2 is 1.83 bits per heavy atom. The van der Waals surface area contributed by atoms with Crippen molar-refractivity contribution < 1.29 is 17.9 Å². The number of hydrogen-bond donors (Lipinski definition) is 3. The molecule has 7 nitrogen and oxygen atoms in total. The number of sulfonamides is 1. The van der Waals surface area contributed by atoms with Crippen LogP contribution in [0, 0.1) is 5.92 Å². The first-order valence-corrected chi connectivity index (χ1v) is 8.87. The zero-order chi connectivity index (χ0) is 17.5. The zero-order valence-electron chi connectivity index (χ0n) is 14.1. The second kappa shape index (κ2) is 10.6. The molecule has 24 heavy (non-hydrogen) atoms. The molecule has 0 saturated carbocycles. The number of rotatable bonds is 9. The van der Waals surface area contributed by atoms with Crippen molar-refractivity contribution in [3.05, 3.63) is 29.8 Å². The fourth-order valence-electron chi connectivity index (χ4n) is 1.76. The summed E-state index contributed by atoms with van der Waals surface area (Å²) in [6.45, 7) is 4.57. The minimum atomic E-state index is -3.54. The van der Waals surface area contributed by atoms with Gasteiger partial charge in [0.15, 0.2) is 0 Å². The Morgan fingerprint density at radius 1 is 1.25 bits per heavy atom. The summed E-state index contributed by atoms with van der Waals surface area (Å²) in [4.78, 5) is 11.9. The molecule has 4 N–H and O–H groups in total. The predicted molar refractivity (Wildman–Crippen MR) is 95.4 cm³/mol. The van der Waals surface area contributed by atoms with Crippen molar-refractivity contribution >= 4 is 28.3 Å². The molecule has 1 amide bonds. The minimum absolute atomic E-state index is 0. The molecule has 0 heterocycles. The summed E-state index contributed by atoms with van der Waals surface area (Å²) < 4.78 is 31.2. The number of halogens is 1. The highest BCUT2D eigenvalue weighted by molar-refractivity contribution is 7.89. The number of nitrogens with two attached hydrogens (primary N) is 1. The molecule has 0 aliphatic carbocycles. The van der Waals surface area contributed by atoms with E-state index in [0.717, 1.165) is 5.56 Å². The van der Waals surface area contributed by atoms with E-state index < -0.39 is 16.1 Å². The Kier molecular flexibility index (Phi) is 10.1. The van der Waals surface area contributed by atoms with Crippen LogP contribution in [0.3, 0.4) is 0 Å². The number of hydrogen-bond acceptors (Lipinski definition) is 5. The fourth-order valence-corrected chi connectivity index (χ4v) is 2.77. The van der Waals surface area contributed by atoms with Crippen molar-refractivity contribution in [2.75, 3.05) is 20.3 Å². The number of ether oxygens (including phenoxy) is 1. The van der Waals surface area contributed by atoms with Crippen LogP contribution < -0.4 is 15.8 Å². The molecule has 1 aromatic carbocycles. The predicted octanol–water partition coefficient (Wildman–Crippen LogP) is 0.633. The molecule has 138 valence electrons. The standard InChI is InChI=1S/C15H25N3O4S.ClH/c1-11(2)14(16)15(19)17-10-12-4-6-13(7-5-12)23(20,21)18-8-9-22-3;/h4-7,11,14,18H,8-10,16H2,1-3H3,(H,17,19);1H/t14-;/m0./s1. The average Bonchev–Trinajstić information content (AvgIpc) is 2.52. The van der Waals surface area contributed by atoms with Gasteiger partial charge in [-0.05, 0) is 23.6 Å².